The Morgan fingerprint density at radius 2 is 1.74 bits per heavy atom. The van der Waals surface area contributed by atoms with Gasteiger partial charge in [-0.25, -0.2) is 9.59 Å². The van der Waals surface area contributed by atoms with Crippen LogP contribution in [0.1, 0.15) is 25.8 Å². The largest absolute Gasteiger partial charge is 0.497 e. The van der Waals surface area contributed by atoms with E-state index in [1.807, 2.05) is 37.9 Å². The number of nitrogens with one attached hydrogen (secondary N) is 1. The maximum atomic E-state index is 12.7. The van der Waals surface area contributed by atoms with E-state index in [0.717, 1.165) is 25.4 Å². The SMILES string of the molecule is COc1ccc(CN2CCN(C(=O)NC(C)C)CC3(CC(=O)N(C)C3)C2)cc1.O=C(O)C(F)(F)F. The van der Waals surface area contributed by atoms with Crippen LogP contribution in [0.3, 0.4) is 0 Å². The van der Waals surface area contributed by atoms with Crippen molar-refractivity contribution in [3.05, 3.63) is 29.8 Å². The lowest BCUT2D eigenvalue weighted by Crippen LogP contribution is -2.48. The molecule has 2 aliphatic heterocycles. The van der Waals surface area contributed by atoms with Crippen LogP contribution >= 0.6 is 0 Å². The molecule has 1 aromatic rings. The summed E-state index contributed by atoms with van der Waals surface area (Å²) in [6.45, 7) is 8.29. The zero-order chi connectivity index (χ0) is 26.4. The lowest BCUT2D eigenvalue weighted by atomic mass is 9.86. The number of nitrogens with zero attached hydrogens (tertiary/aromatic N) is 3. The highest BCUT2D eigenvalue weighted by Gasteiger charge is 2.46. The summed E-state index contributed by atoms with van der Waals surface area (Å²) < 4.78 is 37.0. The summed E-state index contributed by atoms with van der Waals surface area (Å²) in [5.41, 5.74) is 0.983. The van der Waals surface area contributed by atoms with Gasteiger partial charge in [0.15, 0.2) is 0 Å². The monoisotopic (exact) mass is 502 g/mol. The second-order valence-electron chi connectivity index (χ2n) is 9.31. The van der Waals surface area contributed by atoms with E-state index in [2.05, 4.69) is 22.3 Å². The van der Waals surface area contributed by atoms with Gasteiger partial charge < -0.3 is 25.0 Å². The standard InChI is InChI=1S/C21H32N4O3.C2HF3O2/c1-16(2)22-20(27)25-10-9-24(12-17-5-7-18(28-4)8-6-17)14-21(15-25)11-19(26)23(3)13-21;3-2(4,5)1(6)7/h5-8,16H,9-15H2,1-4H3,(H,22,27);(H,6,7). The van der Waals surface area contributed by atoms with E-state index in [1.54, 1.807) is 12.0 Å². The van der Waals surface area contributed by atoms with E-state index < -0.39 is 12.1 Å². The quantitative estimate of drug-likeness (QED) is 0.656. The van der Waals surface area contributed by atoms with E-state index in [0.29, 0.717) is 26.1 Å². The predicted molar refractivity (Wildman–Crippen MR) is 122 cm³/mol. The van der Waals surface area contributed by atoms with Crippen LogP contribution in [0, 0.1) is 5.41 Å². The van der Waals surface area contributed by atoms with Crippen molar-refractivity contribution in [1.29, 1.82) is 0 Å². The Kier molecular flexibility index (Phi) is 9.36. The number of ether oxygens (including phenoxy) is 1. The number of rotatable bonds is 4. The third-order valence-electron chi connectivity index (χ3n) is 5.80. The molecule has 1 spiro atoms. The van der Waals surface area contributed by atoms with Gasteiger partial charge >= 0.3 is 18.2 Å². The third-order valence-corrected chi connectivity index (χ3v) is 5.80. The number of benzene rings is 1. The van der Waals surface area contributed by atoms with E-state index in [-0.39, 0.29) is 23.4 Å². The number of hydrogen-bond acceptors (Lipinski definition) is 5. The van der Waals surface area contributed by atoms with E-state index in [1.165, 1.54) is 5.56 Å². The lowest BCUT2D eigenvalue weighted by molar-refractivity contribution is -0.192. The molecule has 2 fully saturated rings. The number of hydrogen-bond donors (Lipinski definition) is 2. The van der Waals surface area contributed by atoms with Crippen molar-refractivity contribution in [2.45, 2.75) is 39.0 Å². The molecule has 9 nitrogen and oxygen atoms in total. The van der Waals surface area contributed by atoms with Crippen LogP contribution in [0.2, 0.25) is 0 Å². The van der Waals surface area contributed by atoms with Crippen molar-refractivity contribution in [2.75, 3.05) is 46.9 Å². The molecule has 0 saturated carbocycles. The minimum Gasteiger partial charge on any atom is -0.497 e. The Balaban J connectivity index is 0.000000540. The molecule has 35 heavy (non-hydrogen) atoms. The summed E-state index contributed by atoms with van der Waals surface area (Å²) in [6.07, 6.45) is -4.59. The molecule has 3 rings (SSSR count). The number of aliphatic carboxylic acids is 1. The molecular weight excluding hydrogens is 469 g/mol. The summed E-state index contributed by atoms with van der Waals surface area (Å²) >= 11 is 0. The number of alkyl halides is 3. The summed E-state index contributed by atoms with van der Waals surface area (Å²) in [5, 5.41) is 10.1. The third kappa shape index (κ3) is 8.30. The molecular formula is C23H33F3N4O5. The van der Waals surface area contributed by atoms with Crippen molar-refractivity contribution in [3.63, 3.8) is 0 Å². The summed E-state index contributed by atoms with van der Waals surface area (Å²) in [7, 11) is 3.52. The summed E-state index contributed by atoms with van der Waals surface area (Å²) in [4.78, 5) is 40.0. The number of carbonyl (C=O) groups excluding carboxylic acids is 2. The first kappa shape index (κ1) is 28.2. The first-order chi connectivity index (χ1) is 16.2. The first-order valence-electron chi connectivity index (χ1n) is 11.2. The fourth-order valence-corrected chi connectivity index (χ4v) is 4.30. The summed E-state index contributed by atoms with van der Waals surface area (Å²) in [6, 6.07) is 8.14. The molecule has 2 heterocycles. The number of halogens is 3. The second-order valence-corrected chi connectivity index (χ2v) is 9.31. The lowest BCUT2D eigenvalue weighted by Gasteiger charge is -2.33. The molecule has 0 aliphatic carbocycles. The topological polar surface area (TPSA) is 102 Å². The van der Waals surface area contributed by atoms with Gasteiger partial charge in [-0.2, -0.15) is 13.2 Å². The van der Waals surface area contributed by atoms with Gasteiger partial charge in [0, 0.05) is 64.2 Å². The van der Waals surface area contributed by atoms with Crippen LogP contribution in [0.4, 0.5) is 18.0 Å². The van der Waals surface area contributed by atoms with Crippen molar-refractivity contribution in [3.8, 4) is 5.75 Å². The van der Waals surface area contributed by atoms with Crippen LogP contribution in [-0.2, 0) is 16.1 Å². The Morgan fingerprint density at radius 1 is 1.14 bits per heavy atom. The molecule has 0 radical (unpaired) electrons. The Hall–Kier alpha value is -3.02. The first-order valence-corrected chi connectivity index (χ1v) is 11.2. The van der Waals surface area contributed by atoms with Gasteiger partial charge in [0.05, 0.1) is 7.11 Å². The number of urea groups is 1. The summed E-state index contributed by atoms with van der Waals surface area (Å²) in [5.74, 6) is -1.75. The predicted octanol–water partition coefficient (Wildman–Crippen LogP) is 2.41. The molecule has 0 bridgehead atoms. The average molecular weight is 503 g/mol. The van der Waals surface area contributed by atoms with Gasteiger partial charge in [-0.05, 0) is 31.5 Å². The molecule has 2 N–H and O–H groups in total. The second kappa shape index (κ2) is 11.6. The maximum Gasteiger partial charge on any atom is 0.490 e. The van der Waals surface area contributed by atoms with Crippen LogP contribution in [0.25, 0.3) is 0 Å². The Bertz CT molecular complexity index is 894. The highest BCUT2D eigenvalue weighted by Crippen LogP contribution is 2.35. The number of likely N-dealkylation sites (tertiary alicyclic amines) is 1. The molecule has 2 saturated heterocycles. The molecule has 12 heteroatoms. The van der Waals surface area contributed by atoms with E-state index in [9.17, 15) is 22.8 Å². The zero-order valence-corrected chi connectivity index (χ0v) is 20.4. The average Bonchev–Trinajstić information content (AvgIpc) is 2.91. The molecule has 1 unspecified atom stereocenters. The fourth-order valence-electron chi connectivity index (χ4n) is 4.30. The van der Waals surface area contributed by atoms with Crippen molar-refractivity contribution >= 4 is 17.9 Å². The minimum absolute atomic E-state index is 0.0392. The van der Waals surface area contributed by atoms with Gasteiger partial charge in [-0.3, -0.25) is 9.69 Å². The van der Waals surface area contributed by atoms with Gasteiger partial charge in [-0.15, -0.1) is 0 Å². The van der Waals surface area contributed by atoms with Crippen LogP contribution in [0.15, 0.2) is 24.3 Å². The number of carboxylic acid groups (broad SMARTS) is 1. The minimum atomic E-state index is -5.08. The van der Waals surface area contributed by atoms with E-state index in [4.69, 9.17) is 14.6 Å². The van der Waals surface area contributed by atoms with Crippen LogP contribution in [-0.4, -0.2) is 96.8 Å². The molecule has 196 valence electrons. The molecule has 3 amide bonds. The normalized spacial score (nSPS) is 21.0. The zero-order valence-electron chi connectivity index (χ0n) is 20.4. The molecule has 1 atom stereocenters. The van der Waals surface area contributed by atoms with Crippen LogP contribution < -0.4 is 10.1 Å². The Morgan fingerprint density at radius 3 is 2.20 bits per heavy atom. The molecule has 2 aliphatic rings. The van der Waals surface area contributed by atoms with E-state index >= 15 is 0 Å². The van der Waals surface area contributed by atoms with Gasteiger partial charge in [-0.1, -0.05) is 12.1 Å². The van der Waals surface area contributed by atoms with Crippen molar-refractivity contribution in [2.24, 2.45) is 5.41 Å². The number of methoxy groups -OCH3 is 1. The number of carboxylic acids is 1. The van der Waals surface area contributed by atoms with Gasteiger partial charge in [0.25, 0.3) is 0 Å². The van der Waals surface area contributed by atoms with Crippen molar-refractivity contribution in [1.82, 2.24) is 20.0 Å². The smallest absolute Gasteiger partial charge is 0.490 e. The van der Waals surface area contributed by atoms with Crippen molar-refractivity contribution < 1.29 is 37.4 Å². The number of amides is 3. The van der Waals surface area contributed by atoms with Crippen LogP contribution in [0.5, 0.6) is 5.75 Å². The highest BCUT2D eigenvalue weighted by molar-refractivity contribution is 5.80. The molecule has 0 aromatic heterocycles. The number of carbonyl (C=O) groups is 3. The fraction of sp³-hybridized carbons (Fsp3) is 0.609. The van der Waals surface area contributed by atoms with Gasteiger partial charge in [0.2, 0.25) is 5.91 Å². The van der Waals surface area contributed by atoms with Gasteiger partial charge in [0.1, 0.15) is 5.75 Å². The molecule has 1 aromatic carbocycles. The Labute approximate surface area is 202 Å². The highest BCUT2D eigenvalue weighted by atomic mass is 19.4. The maximum absolute atomic E-state index is 12.7.